The van der Waals surface area contributed by atoms with Crippen LogP contribution in [0.3, 0.4) is 0 Å². The third-order valence-electron chi connectivity index (χ3n) is 6.26. The minimum absolute atomic E-state index is 0.0324. The standard InChI is InChI=1S/C24H29N3O3S/c1-18-9-10-20(31-18)17-26(15-11-19-7-3-2-4-8-19)21(28)12-16-27-22(29)24(25-23(27)30)13-5-6-14-24/h2-4,7-10H,5-6,11-17H2,1H3,(H,25,30). The predicted molar refractivity (Wildman–Crippen MR) is 121 cm³/mol. The van der Waals surface area contributed by atoms with Crippen LogP contribution in [0.4, 0.5) is 4.79 Å². The number of hydrogen-bond acceptors (Lipinski definition) is 4. The van der Waals surface area contributed by atoms with Gasteiger partial charge in [0, 0.05) is 29.3 Å². The Bertz CT molecular complexity index is 950. The van der Waals surface area contributed by atoms with Crippen molar-refractivity contribution >= 4 is 29.2 Å². The topological polar surface area (TPSA) is 69.7 Å². The smallest absolute Gasteiger partial charge is 0.325 e. The molecule has 0 unspecified atom stereocenters. The van der Waals surface area contributed by atoms with E-state index in [1.54, 1.807) is 11.3 Å². The van der Waals surface area contributed by atoms with E-state index in [1.807, 2.05) is 23.1 Å². The van der Waals surface area contributed by atoms with Crippen molar-refractivity contribution in [2.75, 3.05) is 13.1 Å². The maximum Gasteiger partial charge on any atom is 0.325 e. The lowest BCUT2D eigenvalue weighted by atomic mass is 9.98. The number of imide groups is 1. The molecule has 0 radical (unpaired) electrons. The molecule has 1 aromatic carbocycles. The van der Waals surface area contributed by atoms with Gasteiger partial charge in [-0.25, -0.2) is 4.79 Å². The molecule has 4 amide bonds. The SMILES string of the molecule is Cc1ccc(CN(CCc2ccccc2)C(=O)CCN2C(=O)NC3(CCCC3)C2=O)s1. The zero-order valence-electron chi connectivity index (χ0n) is 17.9. The van der Waals surface area contributed by atoms with Crippen molar-refractivity contribution in [2.45, 2.75) is 57.5 Å². The fraction of sp³-hybridized carbons (Fsp3) is 0.458. The van der Waals surface area contributed by atoms with Crippen LogP contribution in [-0.2, 0) is 22.6 Å². The summed E-state index contributed by atoms with van der Waals surface area (Å²) in [4.78, 5) is 43.8. The van der Waals surface area contributed by atoms with Gasteiger partial charge >= 0.3 is 6.03 Å². The van der Waals surface area contributed by atoms with Gasteiger partial charge in [0.25, 0.3) is 5.91 Å². The van der Waals surface area contributed by atoms with Gasteiger partial charge in [0.05, 0.1) is 6.54 Å². The number of benzene rings is 1. The van der Waals surface area contributed by atoms with Gasteiger partial charge in [0.2, 0.25) is 5.91 Å². The number of carbonyl (C=O) groups is 3. The molecule has 31 heavy (non-hydrogen) atoms. The van der Waals surface area contributed by atoms with Gasteiger partial charge in [-0.2, -0.15) is 0 Å². The monoisotopic (exact) mass is 439 g/mol. The number of hydrogen-bond donors (Lipinski definition) is 1. The Morgan fingerprint density at radius 1 is 1.13 bits per heavy atom. The molecule has 1 aliphatic carbocycles. The van der Waals surface area contributed by atoms with Gasteiger partial charge in [-0.05, 0) is 43.9 Å². The highest BCUT2D eigenvalue weighted by molar-refractivity contribution is 7.11. The molecular weight excluding hydrogens is 410 g/mol. The van der Waals surface area contributed by atoms with Crippen LogP contribution in [0.2, 0.25) is 0 Å². The Kier molecular flexibility index (Phi) is 6.41. The molecule has 2 aliphatic rings. The van der Waals surface area contributed by atoms with Crippen molar-refractivity contribution in [1.29, 1.82) is 0 Å². The lowest BCUT2D eigenvalue weighted by molar-refractivity contribution is -0.134. The number of urea groups is 1. The van der Waals surface area contributed by atoms with E-state index in [4.69, 9.17) is 0 Å². The summed E-state index contributed by atoms with van der Waals surface area (Å²) in [7, 11) is 0. The second-order valence-electron chi connectivity index (χ2n) is 8.49. The molecule has 164 valence electrons. The summed E-state index contributed by atoms with van der Waals surface area (Å²) in [6, 6.07) is 13.9. The first-order valence-electron chi connectivity index (χ1n) is 11.0. The third kappa shape index (κ3) is 4.82. The molecule has 2 fully saturated rings. The molecule has 1 spiro atoms. The zero-order valence-corrected chi connectivity index (χ0v) is 18.7. The Balaban J connectivity index is 1.40. The van der Waals surface area contributed by atoms with E-state index < -0.39 is 5.54 Å². The van der Waals surface area contributed by atoms with Crippen LogP contribution in [0.1, 0.15) is 47.4 Å². The highest BCUT2D eigenvalue weighted by atomic mass is 32.1. The quantitative estimate of drug-likeness (QED) is 0.635. The van der Waals surface area contributed by atoms with Crippen LogP contribution < -0.4 is 5.32 Å². The molecular formula is C24H29N3O3S. The van der Waals surface area contributed by atoms with Crippen molar-refractivity contribution in [3.8, 4) is 0 Å². The number of carbonyl (C=O) groups excluding carboxylic acids is 3. The minimum Gasteiger partial charge on any atom is -0.337 e. The summed E-state index contributed by atoms with van der Waals surface area (Å²) in [6.07, 6.45) is 4.21. The van der Waals surface area contributed by atoms with E-state index in [9.17, 15) is 14.4 Å². The van der Waals surface area contributed by atoms with Gasteiger partial charge in [-0.1, -0.05) is 43.2 Å². The molecule has 0 atom stereocenters. The Labute approximate surface area is 187 Å². The molecule has 7 heteroatoms. The summed E-state index contributed by atoms with van der Waals surface area (Å²) < 4.78 is 0. The highest BCUT2D eigenvalue weighted by Gasteiger charge is 2.52. The predicted octanol–water partition coefficient (Wildman–Crippen LogP) is 3.88. The fourth-order valence-corrected chi connectivity index (χ4v) is 5.43. The van der Waals surface area contributed by atoms with Crippen molar-refractivity contribution in [3.05, 3.63) is 57.8 Å². The van der Waals surface area contributed by atoms with Crippen LogP contribution in [0.5, 0.6) is 0 Å². The van der Waals surface area contributed by atoms with Crippen LogP contribution in [0.15, 0.2) is 42.5 Å². The molecule has 4 rings (SSSR count). The largest absolute Gasteiger partial charge is 0.337 e. The molecule has 1 aromatic heterocycles. The number of amides is 4. The summed E-state index contributed by atoms with van der Waals surface area (Å²) in [5.41, 5.74) is 0.460. The van der Waals surface area contributed by atoms with Crippen molar-refractivity contribution < 1.29 is 14.4 Å². The van der Waals surface area contributed by atoms with Gasteiger partial charge < -0.3 is 10.2 Å². The van der Waals surface area contributed by atoms with Crippen molar-refractivity contribution in [3.63, 3.8) is 0 Å². The second kappa shape index (κ2) is 9.22. The average molecular weight is 440 g/mol. The van der Waals surface area contributed by atoms with Gasteiger partial charge in [0.1, 0.15) is 5.54 Å². The fourth-order valence-electron chi connectivity index (χ4n) is 4.52. The van der Waals surface area contributed by atoms with Crippen LogP contribution in [0.25, 0.3) is 0 Å². The molecule has 1 saturated carbocycles. The number of nitrogens with zero attached hydrogens (tertiary/aromatic N) is 2. The van der Waals surface area contributed by atoms with E-state index in [1.165, 1.54) is 15.3 Å². The first-order valence-corrected chi connectivity index (χ1v) is 11.8. The number of rotatable bonds is 8. The van der Waals surface area contributed by atoms with Crippen LogP contribution in [-0.4, -0.2) is 46.3 Å². The molecule has 2 aromatic rings. The molecule has 2 heterocycles. The van der Waals surface area contributed by atoms with Crippen molar-refractivity contribution in [2.24, 2.45) is 0 Å². The average Bonchev–Trinajstić information content (AvgIpc) is 3.46. The first kappa shape index (κ1) is 21.6. The molecule has 0 bridgehead atoms. The lowest BCUT2D eigenvalue weighted by Gasteiger charge is -2.24. The highest BCUT2D eigenvalue weighted by Crippen LogP contribution is 2.35. The molecule has 1 saturated heterocycles. The third-order valence-corrected chi connectivity index (χ3v) is 7.25. The van der Waals surface area contributed by atoms with Gasteiger partial charge in [0.15, 0.2) is 0 Å². The molecule has 1 N–H and O–H groups in total. The van der Waals surface area contributed by atoms with Gasteiger partial charge in [-0.3, -0.25) is 14.5 Å². The lowest BCUT2D eigenvalue weighted by Crippen LogP contribution is -2.44. The maximum absolute atomic E-state index is 13.1. The first-order chi connectivity index (χ1) is 15.0. The van der Waals surface area contributed by atoms with Crippen LogP contribution in [0, 0.1) is 6.92 Å². The number of thiophene rings is 1. The minimum atomic E-state index is -0.721. The zero-order chi connectivity index (χ0) is 21.8. The van der Waals surface area contributed by atoms with E-state index >= 15 is 0 Å². The molecule has 1 aliphatic heterocycles. The van der Waals surface area contributed by atoms with E-state index in [0.717, 1.165) is 24.1 Å². The molecule has 6 nitrogen and oxygen atoms in total. The Morgan fingerprint density at radius 2 is 1.87 bits per heavy atom. The Morgan fingerprint density at radius 3 is 2.55 bits per heavy atom. The summed E-state index contributed by atoms with van der Waals surface area (Å²) in [6.45, 7) is 3.34. The maximum atomic E-state index is 13.1. The summed E-state index contributed by atoms with van der Waals surface area (Å²) in [5, 5.41) is 2.89. The van der Waals surface area contributed by atoms with E-state index in [2.05, 4.69) is 36.5 Å². The normalized spacial score (nSPS) is 17.4. The number of nitrogens with one attached hydrogen (secondary N) is 1. The van der Waals surface area contributed by atoms with Crippen LogP contribution >= 0.6 is 11.3 Å². The second-order valence-corrected chi connectivity index (χ2v) is 9.86. The van der Waals surface area contributed by atoms with Crippen molar-refractivity contribution in [1.82, 2.24) is 15.1 Å². The number of aryl methyl sites for hydroxylation is 1. The summed E-state index contributed by atoms with van der Waals surface area (Å²) >= 11 is 1.69. The Hall–Kier alpha value is -2.67. The van der Waals surface area contributed by atoms with E-state index in [0.29, 0.717) is 25.9 Å². The van der Waals surface area contributed by atoms with E-state index in [-0.39, 0.29) is 30.8 Å². The van der Waals surface area contributed by atoms with Gasteiger partial charge in [-0.15, -0.1) is 11.3 Å². The summed E-state index contributed by atoms with van der Waals surface area (Å²) in [5.74, 6) is -0.192.